The quantitative estimate of drug-likeness (QED) is 0.851. The van der Waals surface area contributed by atoms with Gasteiger partial charge < -0.3 is 9.47 Å². The molecule has 1 aliphatic rings. The van der Waals surface area contributed by atoms with Crippen molar-refractivity contribution in [2.75, 3.05) is 13.1 Å². The fourth-order valence-electron chi connectivity index (χ4n) is 2.77. The number of carbonyl (C=O) groups excluding carboxylic acids is 1. The molecule has 2 unspecified atom stereocenters. The van der Waals surface area contributed by atoms with E-state index in [1.54, 1.807) is 17.1 Å². The molecule has 2 atom stereocenters. The molecule has 1 fully saturated rings. The average molecular weight is 273 g/mol. The van der Waals surface area contributed by atoms with Crippen LogP contribution < -0.4 is 0 Å². The van der Waals surface area contributed by atoms with Crippen molar-refractivity contribution in [1.29, 1.82) is 0 Å². The Bertz CT molecular complexity index is 548. The van der Waals surface area contributed by atoms with E-state index in [0.29, 0.717) is 6.04 Å². The summed E-state index contributed by atoms with van der Waals surface area (Å²) in [6.45, 7) is 3.48. The minimum Gasteiger partial charge on any atom is -0.339 e. The zero-order chi connectivity index (χ0) is 13.9. The molecule has 2 aromatic heterocycles. The van der Waals surface area contributed by atoms with Gasteiger partial charge in [0.1, 0.15) is 6.04 Å². The molecule has 0 radical (unpaired) electrons. The molecule has 6 nitrogen and oxygen atoms in total. The molecule has 0 saturated carbocycles. The van der Waals surface area contributed by atoms with Gasteiger partial charge in [0, 0.05) is 37.9 Å². The molecule has 6 heteroatoms. The fraction of sp³-hybridized carbons (Fsp3) is 0.500. The van der Waals surface area contributed by atoms with Crippen LogP contribution in [0, 0.1) is 0 Å². The lowest BCUT2D eigenvalue weighted by molar-refractivity contribution is -0.136. The van der Waals surface area contributed by atoms with E-state index in [0.717, 1.165) is 25.9 Å². The van der Waals surface area contributed by atoms with Gasteiger partial charge in [-0.1, -0.05) is 0 Å². The van der Waals surface area contributed by atoms with Gasteiger partial charge >= 0.3 is 0 Å². The molecule has 2 aromatic rings. The number of imidazole rings is 1. The van der Waals surface area contributed by atoms with E-state index in [1.165, 1.54) is 0 Å². The number of hydrogen-bond donors (Lipinski definition) is 0. The average Bonchev–Trinajstić information content (AvgIpc) is 3.18. The molecular weight excluding hydrogens is 254 g/mol. The largest absolute Gasteiger partial charge is 0.339 e. The van der Waals surface area contributed by atoms with Crippen LogP contribution in [0.1, 0.15) is 31.8 Å². The van der Waals surface area contributed by atoms with Crippen LogP contribution in [0.2, 0.25) is 0 Å². The predicted molar refractivity (Wildman–Crippen MR) is 74.0 cm³/mol. The Kier molecular flexibility index (Phi) is 3.54. The molecule has 0 N–H and O–H groups in total. The monoisotopic (exact) mass is 273 g/mol. The Hall–Kier alpha value is -2.11. The van der Waals surface area contributed by atoms with Gasteiger partial charge in [0.05, 0.1) is 12.4 Å². The van der Waals surface area contributed by atoms with Crippen LogP contribution in [0.25, 0.3) is 0 Å². The van der Waals surface area contributed by atoms with Crippen LogP contribution in [-0.2, 0) is 4.79 Å². The first-order valence-electron chi connectivity index (χ1n) is 7.01. The molecule has 0 aromatic carbocycles. The highest BCUT2D eigenvalue weighted by Gasteiger charge is 2.28. The number of amides is 1. The number of hydrogen-bond acceptors (Lipinski definition) is 3. The normalized spacial score (nSPS) is 20.9. The van der Waals surface area contributed by atoms with Crippen LogP contribution in [0.3, 0.4) is 0 Å². The SMILES string of the molecule is CC(C(=O)N1CCCC(n2ccnc2)C1)n1cccn1. The second-order valence-corrected chi connectivity index (χ2v) is 5.25. The summed E-state index contributed by atoms with van der Waals surface area (Å²) in [5, 5.41) is 4.15. The van der Waals surface area contributed by atoms with Gasteiger partial charge in [-0.3, -0.25) is 9.48 Å². The molecule has 0 spiro atoms. The first-order chi connectivity index (χ1) is 9.75. The summed E-state index contributed by atoms with van der Waals surface area (Å²) in [6.07, 6.45) is 11.2. The lowest BCUT2D eigenvalue weighted by Crippen LogP contribution is -2.43. The molecular formula is C14H19N5O. The highest BCUT2D eigenvalue weighted by atomic mass is 16.2. The number of likely N-dealkylation sites (tertiary alicyclic amines) is 1. The molecule has 3 rings (SSSR count). The molecule has 0 bridgehead atoms. The third-order valence-corrected chi connectivity index (χ3v) is 3.93. The van der Waals surface area contributed by atoms with Crippen LogP contribution in [0.5, 0.6) is 0 Å². The summed E-state index contributed by atoms with van der Waals surface area (Å²) in [5.74, 6) is 0.138. The lowest BCUT2D eigenvalue weighted by Gasteiger charge is -2.34. The third-order valence-electron chi connectivity index (χ3n) is 3.93. The van der Waals surface area contributed by atoms with Crippen molar-refractivity contribution in [3.05, 3.63) is 37.2 Å². The molecule has 1 aliphatic heterocycles. The molecule has 106 valence electrons. The summed E-state index contributed by atoms with van der Waals surface area (Å²) in [6, 6.07) is 1.93. The highest BCUT2D eigenvalue weighted by Crippen LogP contribution is 2.23. The topological polar surface area (TPSA) is 56.0 Å². The summed E-state index contributed by atoms with van der Waals surface area (Å²) >= 11 is 0. The first kappa shape index (κ1) is 12.9. The van der Waals surface area contributed by atoms with Gasteiger partial charge in [-0.25, -0.2) is 4.98 Å². The first-order valence-corrected chi connectivity index (χ1v) is 7.01. The standard InChI is InChI=1S/C14H19N5O/c1-12(19-8-3-5-16-19)14(20)17-7-2-4-13(10-17)18-9-6-15-11-18/h3,5-6,8-9,11-13H,2,4,7,10H2,1H3. The van der Waals surface area contributed by atoms with Crippen molar-refractivity contribution in [2.45, 2.75) is 31.8 Å². The highest BCUT2D eigenvalue weighted by molar-refractivity contribution is 5.80. The van der Waals surface area contributed by atoms with E-state index >= 15 is 0 Å². The predicted octanol–water partition coefficient (Wildman–Crippen LogP) is 1.50. The molecule has 1 saturated heterocycles. The van der Waals surface area contributed by atoms with E-state index < -0.39 is 0 Å². The van der Waals surface area contributed by atoms with E-state index in [1.807, 2.05) is 36.6 Å². The van der Waals surface area contributed by atoms with Crippen molar-refractivity contribution >= 4 is 5.91 Å². The van der Waals surface area contributed by atoms with Crippen molar-refractivity contribution in [3.63, 3.8) is 0 Å². The van der Waals surface area contributed by atoms with Crippen molar-refractivity contribution in [1.82, 2.24) is 24.2 Å². The summed E-state index contributed by atoms with van der Waals surface area (Å²) in [5.41, 5.74) is 0. The minimum atomic E-state index is -0.244. The molecule has 3 heterocycles. The Morgan fingerprint density at radius 2 is 2.25 bits per heavy atom. The second kappa shape index (κ2) is 5.48. The van der Waals surface area contributed by atoms with Gasteiger partial charge in [0.25, 0.3) is 0 Å². The van der Waals surface area contributed by atoms with Crippen molar-refractivity contribution in [3.8, 4) is 0 Å². The Morgan fingerprint density at radius 3 is 2.95 bits per heavy atom. The van der Waals surface area contributed by atoms with Gasteiger partial charge in [-0.15, -0.1) is 0 Å². The van der Waals surface area contributed by atoms with Crippen LogP contribution in [0.4, 0.5) is 0 Å². The molecule has 20 heavy (non-hydrogen) atoms. The Labute approximate surface area is 118 Å². The number of nitrogens with zero attached hydrogens (tertiary/aromatic N) is 5. The van der Waals surface area contributed by atoms with Crippen LogP contribution in [-0.4, -0.2) is 43.2 Å². The number of rotatable bonds is 3. The van der Waals surface area contributed by atoms with Crippen molar-refractivity contribution < 1.29 is 4.79 Å². The summed E-state index contributed by atoms with van der Waals surface area (Å²) < 4.78 is 3.81. The van der Waals surface area contributed by atoms with E-state index in [9.17, 15) is 4.79 Å². The summed E-state index contributed by atoms with van der Waals surface area (Å²) in [4.78, 5) is 18.6. The third kappa shape index (κ3) is 2.45. The van der Waals surface area contributed by atoms with Crippen molar-refractivity contribution in [2.24, 2.45) is 0 Å². The van der Waals surface area contributed by atoms with Crippen LogP contribution in [0.15, 0.2) is 37.2 Å². The molecule has 1 amide bonds. The summed E-state index contributed by atoms with van der Waals surface area (Å²) in [7, 11) is 0. The number of aromatic nitrogens is 4. The van der Waals surface area contributed by atoms with Gasteiger partial charge in [-0.05, 0) is 25.8 Å². The maximum atomic E-state index is 12.6. The molecule has 0 aliphatic carbocycles. The zero-order valence-corrected chi connectivity index (χ0v) is 11.6. The van der Waals surface area contributed by atoms with Gasteiger partial charge in [0.15, 0.2) is 0 Å². The van der Waals surface area contributed by atoms with E-state index in [4.69, 9.17) is 0 Å². The fourth-order valence-corrected chi connectivity index (χ4v) is 2.77. The van der Waals surface area contributed by atoms with E-state index in [-0.39, 0.29) is 11.9 Å². The van der Waals surface area contributed by atoms with Gasteiger partial charge in [0.2, 0.25) is 5.91 Å². The Balaban J connectivity index is 1.69. The number of carbonyl (C=O) groups is 1. The zero-order valence-electron chi connectivity index (χ0n) is 11.6. The Morgan fingerprint density at radius 1 is 1.35 bits per heavy atom. The maximum Gasteiger partial charge on any atom is 0.247 e. The smallest absolute Gasteiger partial charge is 0.247 e. The van der Waals surface area contributed by atoms with Gasteiger partial charge in [-0.2, -0.15) is 5.10 Å². The van der Waals surface area contributed by atoms with E-state index in [2.05, 4.69) is 14.6 Å². The second-order valence-electron chi connectivity index (χ2n) is 5.25. The minimum absolute atomic E-state index is 0.138. The number of piperidine rings is 1. The maximum absolute atomic E-state index is 12.6. The lowest BCUT2D eigenvalue weighted by atomic mass is 10.0. The van der Waals surface area contributed by atoms with Crippen LogP contribution >= 0.6 is 0 Å².